The van der Waals surface area contributed by atoms with Crippen LogP contribution in [0.25, 0.3) is 0 Å². The maximum Gasteiger partial charge on any atom is 0.317 e. The quantitative estimate of drug-likeness (QED) is 0.730. The molecule has 3 aliphatic heterocycles. The molecule has 3 aliphatic rings. The van der Waals surface area contributed by atoms with Gasteiger partial charge in [0.15, 0.2) is 0 Å². The van der Waals surface area contributed by atoms with Crippen molar-refractivity contribution in [2.45, 2.75) is 31.5 Å². The van der Waals surface area contributed by atoms with Crippen molar-refractivity contribution in [3.63, 3.8) is 0 Å². The molecule has 3 fully saturated rings. The highest BCUT2D eigenvalue weighted by atomic mass is 16.5. The Morgan fingerprint density at radius 3 is 2.34 bits per heavy atom. The molecule has 1 aromatic carbocycles. The Kier molecular flexibility index (Phi) is 7.15. The van der Waals surface area contributed by atoms with Gasteiger partial charge in [0.05, 0.1) is 19.4 Å². The summed E-state index contributed by atoms with van der Waals surface area (Å²) in [4.78, 5) is 20.4. The van der Waals surface area contributed by atoms with Crippen molar-refractivity contribution in [2.75, 3.05) is 65.6 Å². The molecule has 7 nitrogen and oxygen atoms in total. The molecule has 0 radical (unpaired) electrons. The summed E-state index contributed by atoms with van der Waals surface area (Å²) >= 11 is 0. The Labute approximate surface area is 173 Å². The van der Waals surface area contributed by atoms with Gasteiger partial charge in [0.1, 0.15) is 0 Å². The van der Waals surface area contributed by atoms with E-state index in [2.05, 4.69) is 45.0 Å². The zero-order valence-corrected chi connectivity index (χ0v) is 17.3. The van der Waals surface area contributed by atoms with Crippen molar-refractivity contribution in [2.24, 2.45) is 0 Å². The molecule has 3 heterocycles. The number of benzene rings is 1. The largest absolute Gasteiger partial charge is 0.480 e. The van der Waals surface area contributed by atoms with E-state index in [4.69, 9.17) is 9.84 Å². The van der Waals surface area contributed by atoms with Crippen molar-refractivity contribution in [3.05, 3.63) is 35.9 Å². The van der Waals surface area contributed by atoms with Gasteiger partial charge in [-0.1, -0.05) is 30.3 Å². The number of hydrogen-bond donors (Lipinski definition) is 1. The predicted octanol–water partition coefficient (Wildman–Crippen LogP) is 1.01. The highest BCUT2D eigenvalue weighted by Crippen LogP contribution is 2.22. The van der Waals surface area contributed by atoms with E-state index in [1.807, 2.05) is 4.90 Å². The third-order valence-electron chi connectivity index (χ3n) is 6.52. The maximum atomic E-state index is 10.8. The standard InChI is InChI=1S/C22H34N4O3/c27-22(28)17-25-12-10-24(11-13-25)15-21-16-26(18-29-21)20-6-8-23(9-7-20)14-19-4-2-1-3-5-19/h1-5,20-21H,6-18H2,(H,27,28). The minimum atomic E-state index is -0.733. The zero-order valence-electron chi connectivity index (χ0n) is 17.3. The molecule has 0 spiro atoms. The first-order valence-electron chi connectivity index (χ1n) is 10.9. The topological polar surface area (TPSA) is 59.5 Å². The van der Waals surface area contributed by atoms with Crippen LogP contribution in [-0.2, 0) is 16.1 Å². The van der Waals surface area contributed by atoms with E-state index in [1.54, 1.807) is 0 Å². The number of nitrogens with zero attached hydrogens (tertiary/aromatic N) is 4. The van der Waals surface area contributed by atoms with E-state index < -0.39 is 5.97 Å². The van der Waals surface area contributed by atoms with Crippen LogP contribution in [0.2, 0.25) is 0 Å². The van der Waals surface area contributed by atoms with Crippen LogP contribution in [0.5, 0.6) is 0 Å². The molecule has 0 saturated carbocycles. The van der Waals surface area contributed by atoms with Crippen LogP contribution in [-0.4, -0.2) is 108 Å². The highest BCUT2D eigenvalue weighted by Gasteiger charge is 2.32. The lowest BCUT2D eigenvalue weighted by Gasteiger charge is -2.36. The van der Waals surface area contributed by atoms with Gasteiger partial charge in [0.2, 0.25) is 0 Å². The summed E-state index contributed by atoms with van der Waals surface area (Å²) in [6.07, 6.45) is 2.72. The summed E-state index contributed by atoms with van der Waals surface area (Å²) in [5, 5.41) is 8.92. The lowest BCUT2D eigenvalue weighted by atomic mass is 10.0. The van der Waals surface area contributed by atoms with Gasteiger partial charge in [-0.3, -0.25) is 24.4 Å². The molecule has 160 valence electrons. The fraction of sp³-hybridized carbons (Fsp3) is 0.682. The number of carboxylic acid groups (broad SMARTS) is 1. The number of ether oxygens (including phenoxy) is 1. The number of likely N-dealkylation sites (tertiary alicyclic amines) is 1. The minimum absolute atomic E-state index is 0.157. The minimum Gasteiger partial charge on any atom is -0.480 e. The molecule has 0 aromatic heterocycles. The molecule has 1 N–H and O–H groups in total. The molecule has 3 saturated heterocycles. The molecule has 29 heavy (non-hydrogen) atoms. The fourth-order valence-corrected chi connectivity index (χ4v) is 4.83. The summed E-state index contributed by atoms with van der Waals surface area (Å²) in [5.74, 6) is -0.733. The van der Waals surface area contributed by atoms with Gasteiger partial charge in [-0.15, -0.1) is 0 Å². The van der Waals surface area contributed by atoms with Gasteiger partial charge in [-0.05, 0) is 31.5 Å². The van der Waals surface area contributed by atoms with Gasteiger partial charge in [0.25, 0.3) is 0 Å². The summed E-state index contributed by atoms with van der Waals surface area (Å²) in [6.45, 7) is 9.82. The molecule has 0 amide bonds. The van der Waals surface area contributed by atoms with Crippen LogP contribution in [0.4, 0.5) is 0 Å². The Morgan fingerprint density at radius 1 is 0.966 bits per heavy atom. The number of carboxylic acids is 1. The molecule has 1 atom stereocenters. The van der Waals surface area contributed by atoms with Crippen LogP contribution in [0, 0.1) is 0 Å². The monoisotopic (exact) mass is 402 g/mol. The average molecular weight is 403 g/mol. The summed E-state index contributed by atoms with van der Waals surface area (Å²) in [5.41, 5.74) is 1.40. The number of piperazine rings is 1. The zero-order chi connectivity index (χ0) is 20.1. The van der Waals surface area contributed by atoms with Crippen molar-refractivity contribution < 1.29 is 14.6 Å². The van der Waals surface area contributed by atoms with Crippen LogP contribution in [0.3, 0.4) is 0 Å². The van der Waals surface area contributed by atoms with Crippen LogP contribution < -0.4 is 0 Å². The lowest BCUT2D eigenvalue weighted by Crippen LogP contribution is -2.50. The van der Waals surface area contributed by atoms with Crippen LogP contribution in [0.15, 0.2) is 30.3 Å². The number of piperidine rings is 1. The van der Waals surface area contributed by atoms with E-state index in [0.717, 1.165) is 65.6 Å². The number of hydrogen-bond acceptors (Lipinski definition) is 6. The van der Waals surface area contributed by atoms with Gasteiger partial charge in [-0.2, -0.15) is 0 Å². The first kappa shape index (κ1) is 20.8. The third kappa shape index (κ3) is 5.99. The lowest BCUT2D eigenvalue weighted by molar-refractivity contribution is -0.138. The second kappa shape index (κ2) is 10.00. The molecule has 0 aliphatic carbocycles. The Balaban J connectivity index is 1.15. The smallest absolute Gasteiger partial charge is 0.317 e. The van der Waals surface area contributed by atoms with Crippen molar-refractivity contribution >= 4 is 5.97 Å². The fourth-order valence-electron chi connectivity index (χ4n) is 4.83. The Bertz CT molecular complexity index is 643. The Morgan fingerprint density at radius 2 is 1.66 bits per heavy atom. The number of aliphatic carboxylic acids is 1. The summed E-state index contributed by atoms with van der Waals surface area (Å²) < 4.78 is 6.10. The third-order valence-corrected chi connectivity index (χ3v) is 6.52. The number of rotatable bonds is 7. The van der Waals surface area contributed by atoms with E-state index >= 15 is 0 Å². The van der Waals surface area contributed by atoms with Crippen molar-refractivity contribution in [1.82, 2.24) is 19.6 Å². The average Bonchev–Trinajstić information content (AvgIpc) is 3.19. The van der Waals surface area contributed by atoms with Gasteiger partial charge in [0, 0.05) is 51.9 Å². The normalized spacial score (nSPS) is 26.1. The first-order chi connectivity index (χ1) is 14.2. The maximum absolute atomic E-state index is 10.8. The van der Waals surface area contributed by atoms with E-state index in [-0.39, 0.29) is 12.6 Å². The molecule has 7 heteroatoms. The molecular weight excluding hydrogens is 368 g/mol. The molecule has 4 rings (SSSR count). The Hall–Kier alpha value is -1.51. The molecular formula is C22H34N4O3. The van der Waals surface area contributed by atoms with Crippen molar-refractivity contribution in [1.29, 1.82) is 0 Å². The SMILES string of the molecule is O=C(O)CN1CCN(CC2CN(C3CCN(Cc4ccccc4)CC3)CO2)CC1. The van der Waals surface area contributed by atoms with Gasteiger partial charge < -0.3 is 9.84 Å². The van der Waals surface area contributed by atoms with Gasteiger partial charge in [-0.25, -0.2) is 0 Å². The second-order valence-electron chi connectivity index (χ2n) is 8.65. The van der Waals surface area contributed by atoms with Crippen LogP contribution >= 0.6 is 0 Å². The highest BCUT2D eigenvalue weighted by molar-refractivity contribution is 5.69. The molecule has 1 aromatic rings. The first-order valence-corrected chi connectivity index (χ1v) is 10.9. The van der Waals surface area contributed by atoms with E-state index in [9.17, 15) is 4.79 Å². The second-order valence-corrected chi connectivity index (χ2v) is 8.65. The van der Waals surface area contributed by atoms with E-state index in [0.29, 0.717) is 6.04 Å². The predicted molar refractivity (Wildman–Crippen MR) is 112 cm³/mol. The number of carbonyl (C=O) groups is 1. The summed E-state index contributed by atoms with van der Waals surface area (Å²) in [7, 11) is 0. The van der Waals surface area contributed by atoms with Crippen LogP contribution in [0.1, 0.15) is 18.4 Å². The van der Waals surface area contributed by atoms with Gasteiger partial charge >= 0.3 is 5.97 Å². The van der Waals surface area contributed by atoms with E-state index in [1.165, 1.54) is 18.4 Å². The summed E-state index contributed by atoms with van der Waals surface area (Å²) in [6, 6.07) is 11.4. The molecule has 1 unspecified atom stereocenters. The van der Waals surface area contributed by atoms with Crippen molar-refractivity contribution in [3.8, 4) is 0 Å². The molecule has 0 bridgehead atoms.